The van der Waals surface area contributed by atoms with Crippen molar-refractivity contribution in [2.75, 3.05) is 0 Å². The Labute approximate surface area is 175 Å². The van der Waals surface area contributed by atoms with Crippen LogP contribution in [0.5, 0.6) is 0 Å². The summed E-state index contributed by atoms with van der Waals surface area (Å²) in [4.78, 5) is 0. The van der Waals surface area contributed by atoms with Gasteiger partial charge < -0.3 is 5.32 Å². The molecule has 32 heavy (non-hydrogen) atoms. The van der Waals surface area contributed by atoms with E-state index in [1.165, 1.54) is 12.3 Å². The number of hydrogen-bond acceptors (Lipinski definition) is 3. The van der Waals surface area contributed by atoms with Gasteiger partial charge in [-0.25, -0.2) is 13.5 Å². The minimum atomic E-state index is -4.97. The summed E-state index contributed by atoms with van der Waals surface area (Å²) in [5.74, 6) is -1.94. The van der Waals surface area contributed by atoms with Crippen molar-refractivity contribution in [1.29, 1.82) is 0 Å². The molecule has 170 valence electrons. The first kappa shape index (κ1) is 22.2. The number of nitrogens with zero attached hydrogens (tertiary/aromatic N) is 3. The van der Waals surface area contributed by atoms with Gasteiger partial charge in [-0.1, -0.05) is 11.3 Å². The quantitative estimate of drug-likeness (QED) is 0.529. The van der Waals surface area contributed by atoms with Gasteiger partial charge in [-0.05, 0) is 42.3 Å². The van der Waals surface area contributed by atoms with Crippen molar-refractivity contribution >= 4 is 0 Å². The molecular formula is C20H14F8N4. The van der Waals surface area contributed by atoms with Gasteiger partial charge in [0.25, 0.3) is 0 Å². The summed E-state index contributed by atoms with van der Waals surface area (Å²) in [6, 6.07) is 4.72. The van der Waals surface area contributed by atoms with Crippen LogP contribution in [0, 0.1) is 11.6 Å². The van der Waals surface area contributed by atoms with Gasteiger partial charge in [0.05, 0.1) is 28.7 Å². The van der Waals surface area contributed by atoms with E-state index in [1.807, 2.05) is 0 Å². The zero-order chi connectivity index (χ0) is 23.3. The third-order valence-corrected chi connectivity index (χ3v) is 5.09. The van der Waals surface area contributed by atoms with Crippen molar-refractivity contribution in [3.8, 4) is 5.69 Å². The number of hydrogen-bond donors (Lipinski definition) is 1. The Bertz CT molecular complexity index is 1100. The first-order valence-corrected chi connectivity index (χ1v) is 9.31. The number of aromatic nitrogens is 3. The summed E-state index contributed by atoms with van der Waals surface area (Å²) in [5, 5.41) is 10.5. The molecule has 4 rings (SSSR count). The van der Waals surface area contributed by atoms with Crippen LogP contribution in [0.4, 0.5) is 35.1 Å². The van der Waals surface area contributed by atoms with Crippen molar-refractivity contribution in [2.45, 2.75) is 37.3 Å². The van der Waals surface area contributed by atoms with Crippen LogP contribution < -0.4 is 5.32 Å². The monoisotopic (exact) mass is 462 g/mol. The molecule has 12 heteroatoms. The number of halogens is 8. The molecule has 2 aromatic carbocycles. The normalized spacial score (nSPS) is 18.8. The van der Waals surface area contributed by atoms with E-state index in [-0.39, 0.29) is 30.3 Å². The van der Waals surface area contributed by atoms with Gasteiger partial charge in [0.2, 0.25) is 0 Å². The lowest BCUT2D eigenvalue weighted by Gasteiger charge is -2.13. The molecule has 1 fully saturated rings. The van der Waals surface area contributed by atoms with E-state index in [1.54, 1.807) is 0 Å². The SMILES string of the molecule is Fc1ccc([C@@H]2C[C@H]2NCc2cn(-c3cc(C(F)(F)F)cc(C(F)(F)F)c3)nn2)cc1F. The molecule has 1 aliphatic rings. The fourth-order valence-electron chi connectivity index (χ4n) is 3.34. The smallest absolute Gasteiger partial charge is 0.308 e. The third-order valence-electron chi connectivity index (χ3n) is 5.09. The van der Waals surface area contributed by atoms with Crippen molar-refractivity contribution in [1.82, 2.24) is 20.3 Å². The van der Waals surface area contributed by atoms with Crippen LogP contribution in [0.2, 0.25) is 0 Å². The van der Waals surface area contributed by atoms with Crippen LogP contribution >= 0.6 is 0 Å². The highest BCUT2D eigenvalue weighted by atomic mass is 19.4. The molecular weight excluding hydrogens is 448 g/mol. The molecule has 0 radical (unpaired) electrons. The van der Waals surface area contributed by atoms with Gasteiger partial charge in [-0.3, -0.25) is 0 Å². The Morgan fingerprint density at radius 1 is 0.906 bits per heavy atom. The summed E-state index contributed by atoms with van der Waals surface area (Å²) in [6.07, 6.45) is -8.07. The number of rotatable bonds is 5. The van der Waals surface area contributed by atoms with Gasteiger partial charge in [0.15, 0.2) is 11.6 Å². The van der Waals surface area contributed by atoms with E-state index >= 15 is 0 Å². The molecule has 1 aliphatic carbocycles. The van der Waals surface area contributed by atoms with E-state index in [2.05, 4.69) is 15.6 Å². The van der Waals surface area contributed by atoms with E-state index in [9.17, 15) is 35.1 Å². The maximum absolute atomic E-state index is 13.4. The fraction of sp³-hybridized carbons (Fsp3) is 0.300. The van der Waals surface area contributed by atoms with E-state index in [0.29, 0.717) is 24.1 Å². The molecule has 3 aromatic rings. The molecule has 0 aliphatic heterocycles. The Morgan fingerprint density at radius 3 is 2.16 bits per heavy atom. The van der Waals surface area contributed by atoms with Crippen molar-refractivity contribution in [2.24, 2.45) is 0 Å². The van der Waals surface area contributed by atoms with Crippen molar-refractivity contribution in [3.05, 3.63) is 76.6 Å². The lowest BCUT2D eigenvalue weighted by Crippen LogP contribution is -2.17. The molecule has 1 heterocycles. The van der Waals surface area contributed by atoms with Crippen molar-refractivity contribution in [3.63, 3.8) is 0 Å². The van der Waals surface area contributed by atoms with Gasteiger partial charge in [0, 0.05) is 18.5 Å². The predicted molar refractivity (Wildman–Crippen MR) is 95.7 cm³/mol. The first-order valence-electron chi connectivity index (χ1n) is 9.31. The van der Waals surface area contributed by atoms with Gasteiger partial charge in [-0.15, -0.1) is 5.10 Å². The fourth-order valence-corrected chi connectivity index (χ4v) is 3.34. The summed E-state index contributed by atoms with van der Waals surface area (Å²) in [7, 11) is 0. The minimum Gasteiger partial charge on any atom is -0.308 e. The van der Waals surface area contributed by atoms with Crippen LogP contribution in [0.1, 0.15) is 34.7 Å². The molecule has 0 spiro atoms. The van der Waals surface area contributed by atoms with Crippen LogP contribution in [0.3, 0.4) is 0 Å². The number of alkyl halides is 6. The number of nitrogens with one attached hydrogen (secondary N) is 1. The van der Waals surface area contributed by atoms with Crippen molar-refractivity contribution < 1.29 is 35.1 Å². The molecule has 0 unspecified atom stereocenters. The molecule has 1 aromatic heterocycles. The van der Waals surface area contributed by atoms with E-state index < -0.39 is 40.8 Å². The minimum absolute atomic E-state index is 0.0361. The highest BCUT2D eigenvalue weighted by Gasteiger charge is 2.39. The largest absolute Gasteiger partial charge is 0.416 e. The summed E-state index contributed by atoms with van der Waals surface area (Å²) in [5.41, 5.74) is -2.44. The molecule has 1 N–H and O–H groups in total. The predicted octanol–water partition coefficient (Wildman–Crippen LogP) is 5.23. The second-order valence-electron chi connectivity index (χ2n) is 7.42. The van der Waals surface area contributed by atoms with Crippen LogP contribution in [-0.4, -0.2) is 21.0 Å². The second kappa shape index (κ2) is 7.84. The average Bonchev–Trinajstić information content (AvgIpc) is 3.33. The average molecular weight is 462 g/mol. The topological polar surface area (TPSA) is 42.7 Å². The van der Waals surface area contributed by atoms with Gasteiger partial charge in [0.1, 0.15) is 0 Å². The lowest BCUT2D eigenvalue weighted by atomic mass is 10.1. The standard InChI is InChI=1S/C20H14F8N4/c21-16-2-1-10(3-17(16)22)15-7-18(15)29-8-13-9-32(31-30-13)14-5-11(19(23,24)25)4-12(6-14)20(26,27)28/h1-6,9,15,18,29H,7-8H2/t15-,18+/m0/s1. The Balaban J connectivity index is 1.47. The molecule has 0 amide bonds. The van der Waals surface area contributed by atoms with E-state index in [0.717, 1.165) is 16.8 Å². The maximum atomic E-state index is 13.4. The molecule has 0 bridgehead atoms. The lowest BCUT2D eigenvalue weighted by molar-refractivity contribution is -0.143. The second-order valence-corrected chi connectivity index (χ2v) is 7.42. The number of benzene rings is 2. The van der Waals surface area contributed by atoms with Crippen LogP contribution in [0.15, 0.2) is 42.6 Å². The van der Waals surface area contributed by atoms with Gasteiger partial charge >= 0.3 is 12.4 Å². The zero-order valence-corrected chi connectivity index (χ0v) is 16.0. The summed E-state index contributed by atoms with van der Waals surface area (Å²) in [6.45, 7) is 0.135. The zero-order valence-electron chi connectivity index (χ0n) is 16.0. The molecule has 1 saturated carbocycles. The molecule has 2 atom stereocenters. The van der Waals surface area contributed by atoms with Crippen LogP contribution in [0.25, 0.3) is 5.69 Å². The molecule has 4 nitrogen and oxygen atoms in total. The van der Waals surface area contributed by atoms with E-state index in [4.69, 9.17) is 0 Å². The third kappa shape index (κ3) is 4.74. The highest BCUT2D eigenvalue weighted by molar-refractivity contribution is 5.42. The highest BCUT2D eigenvalue weighted by Crippen LogP contribution is 2.41. The Kier molecular flexibility index (Phi) is 5.43. The van der Waals surface area contributed by atoms with Gasteiger partial charge in [-0.2, -0.15) is 26.3 Å². The Morgan fingerprint density at radius 2 is 1.56 bits per heavy atom. The summed E-state index contributed by atoms with van der Waals surface area (Å²) < 4.78 is 105. The Hall–Kier alpha value is -3.02. The van der Waals surface area contributed by atoms with Crippen LogP contribution in [-0.2, 0) is 18.9 Å². The summed E-state index contributed by atoms with van der Waals surface area (Å²) >= 11 is 0. The first-order chi connectivity index (χ1) is 14.9. The molecule has 0 saturated heterocycles. The maximum Gasteiger partial charge on any atom is 0.416 e.